The highest BCUT2D eigenvalue weighted by molar-refractivity contribution is 6.12. The summed E-state index contributed by atoms with van der Waals surface area (Å²) < 4.78 is 10.1. The third kappa shape index (κ3) is 3.67. The quantitative estimate of drug-likeness (QED) is 0.498. The van der Waals surface area contributed by atoms with Crippen molar-refractivity contribution >= 4 is 11.8 Å². The van der Waals surface area contributed by atoms with Crippen LogP contribution in [0.25, 0.3) is 0 Å². The minimum atomic E-state index is -0.577. The summed E-state index contributed by atoms with van der Waals surface area (Å²) >= 11 is 0. The SMILES string of the molecule is COc1ccc(C(=O)c2ccc(CO)cc2O)c(OC(C)=O)c1. The summed E-state index contributed by atoms with van der Waals surface area (Å²) in [6.07, 6.45) is 0. The number of aliphatic hydroxyl groups is 1. The van der Waals surface area contributed by atoms with Crippen LogP contribution in [0, 0.1) is 0 Å². The zero-order chi connectivity index (χ0) is 17.0. The van der Waals surface area contributed by atoms with Crippen molar-refractivity contribution in [1.82, 2.24) is 0 Å². The van der Waals surface area contributed by atoms with Crippen LogP contribution in [0.5, 0.6) is 17.2 Å². The number of hydrogen-bond acceptors (Lipinski definition) is 6. The van der Waals surface area contributed by atoms with Gasteiger partial charge in [-0.3, -0.25) is 9.59 Å². The first-order valence-electron chi connectivity index (χ1n) is 6.80. The Labute approximate surface area is 132 Å². The molecule has 0 radical (unpaired) electrons. The molecule has 0 amide bonds. The van der Waals surface area contributed by atoms with Crippen LogP contribution in [0.1, 0.15) is 28.4 Å². The van der Waals surface area contributed by atoms with E-state index in [9.17, 15) is 14.7 Å². The van der Waals surface area contributed by atoms with E-state index in [1.807, 2.05) is 0 Å². The Morgan fingerprint density at radius 3 is 2.35 bits per heavy atom. The largest absolute Gasteiger partial charge is 0.507 e. The molecule has 0 spiro atoms. The first kappa shape index (κ1) is 16.5. The number of esters is 1. The number of methoxy groups -OCH3 is 1. The molecule has 0 saturated carbocycles. The van der Waals surface area contributed by atoms with Crippen molar-refractivity contribution in [3.63, 3.8) is 0 Å². The molecule has 0 aromatic heterocycles. The summed E-state index contributed by atoms with van der Waals surface area (Å²) in [6, 6.07) is 8.68. The molecule has 0 fully saturated rings. The van der Waals surface area contributed by atoms with Crippen LogP contribution in [0.3, 0.4) is 0 Å². The minimum Gasteiger partial charge on any atom is -0.507 e. The predicted molar refractivity (Wildman–Crippen MR) is 81.8 cm³/mol. The monoisotopic (exact) mass is 316 g/mol. The van der Waals surface area contributed by atoms with Gasteiger partial charge in [0, 0.05) is 13.0 Å². The molecule has 120 valence electrons. The number of ether oxygens (including phenoxy) is 2. The molecule has 6 nitrogen and oxygen atoms in total. The van der Waals surface area contributed by atoms with Gasteiger partial charge in [0.2, 0.25) is 0 Å². The van der Waals surface area contributed by atoms with Gasteiger partial charge in [-0.25, -0.2) is 0 Å². The Morgan fingerprint density at radius 2 is 1.78 bits per heavy atom. The zero-order valence-electron chi connectivity index (χ0n) is 12.7. The van der Waals surface area contributed by atoms with Crippen LogP contribution < -0.4 is 9.47 Å². The number of carbonyl (C=O) groups is 2. The number of ketones is 1. The molecule has 2 N–H and O–H groups in total. The van der Waals surface area contributed by atoms with Crippen molar-refractivity contribution in [2.24, 2.45) is 0 Å². The number of aliphatic hydroxyl groups excluding tert-OH is 1. The topological polar surface area (TPSA) is 93.1 Å². The maximum Gasteiger partial charge on any atom is 0.308 e. The van der Waals surface area contributed by atoms with E-state index in [0.29, 0.717) is 11.3 Å². The zero-order valence-corrected chi connectivity index (χ0v) is 12.7. The van der Waals surface area contributed by atoms with Gasteiger partial charge in [0.15, 0.2) is 5.78 Å². The van der Waals surface area contributed by atoms with Gasteiger partial charge in [0.05, 0.1) is 24.8 Å². The highest BCUT2D eigenvalue weighted by Gasteiger charge is 2.20. The highest BCUT2D eigenvalue weighted by Crippen LogP contribution is 2.30. The molecule has 2 aromatic rings. The standard InChI is InChI=1S/C17H16O6/c1-10(19)23-16-8-12(22-2)4-6-14(16)17(21)13-5-3-11(9-18)7-15(13)20/h3-8,18,20H,9H2,1-2H3. The number of aromatic hydroxyl groups is 1. The van der Waals surface area contributed by atoms with Crippen molar-refractivity contribution in [3.8, 4) is 17.2 Å². The molecular formula is C17H16O6. The normalized spacial score (nSPS) is 10.2. The van der Waals surface area contributed by atoms with E-state index < -0.39 is 11.8 Å². The summed E-state index contributed by atoms with van der Waals surface area (Å²) in [7, 11) is 1.45. The predicted octanol–water partition coefficient (Wildman–Crippen LogP) is 2.05. The number of carbonyl (C=O) groups excluding carboxylic acids is 2. The summed E-state index contributed by atoms with van der Waals surface area (Å²) in [5.74, 6) is -0.866. The number of rotatable bonds is 5. The number of benzene rings is 2. The van der Waals surface area contributed by atoms with Crippen molar-refractivity contribution in [2.45, 2.75) is 13.5 Å². The van der Waals surface area contributed by atoms with E-state index in [1.54, 1.807) is 6.07 Å². The second-order valence-corrected chi connectivity index (χ2v) is 4.79. The van der Waals surface area contributed by atoms with Gasteiger partial charge in [-0.05, 0) is 29.8 Å². The Bertz CT molecular complexity index is 751. The van der Waals surface area contributed by atoms with Gasteiger partial charge < -0.3 is 19.7 Å². The van der Waals surface area contributed by atoms with E-state index >= 15 is 0 Å². The number of phenols is 1. The fourth-order valence-corrected chi connectivity index (χ4v) is 2.07. The van der Waals surface area contributed by atoms with Crippen LogP contribution in [0.2, 0.25) is 0 Å². The molecule has 0 bridgehead atoms. The van der Waals surface area contributed by atoms with Crippen LogP contribution in [-0.2, 0) is 11.4 Å². The van der Waals surface area contributed by atoms with E-state index in [1.165, 1.54) is 44.4 Å². The minimum absolute atomic E-state index is 0.0424. The van der Waals surface area contributed by atoms with Crippen LogP contribution >= 0.6 is 0 Å². The van der Waals surface area contributed by atoms with Crippen molar-refractivity contribution in [2.75, 3.05) is 7.11 Å². The fraction of sp³-hybridized carbons (Fsp3) is 0.176. The smallest absolute Gasteiger partial charge is 0.308 e. The van der Waals surface area contributed by atoms with Gasteiger partial charge in [0.25, 0.3) is 0 Å². The van der Waals surface area contributed by atoms with Crippen LogP contribution in [-0.4, -0.2) is 29.1 Å². The Hall–Kier alpha value is -2.86. The van der Waals surface area contributed by atoms with Gasteiger partial charge in [-0.1, -0.05) is 6.07 Å². The lowest BCUT2D eigenvalue weighted by atomic mass is 10.00. The van der Waals surface area contributed by atoms with Gasteiger partial charge >= 0.3 is 5.97 Å². The van der Waals surface area contributed by atoms with Crippen LogP contribution in [0.4, 0.5) is 0 Å². The molecule has 0 aliphatic rings. The molecule has 6 heteroatoms. The van der Waals surface area contributed by atoms with E-state index in [0.717, 1.165) is 0 Å². The maximum atomic E-state index is 12.6. The third-order valence-corrected chi connectivity index (χ3v) is 3.18. The first-order valence-corrected chi connectivity index (χ1v) is 6.80. The Balaban J connectivity index is 2.48. The Kier molecular flexibility index (Phi) is 4.98. The molecule has 0 atom stereocenters. The molecule has 0 heterocycles. The van der Waals surface area contributed by atoms with E-state index in [4.69, 9.17) is 14.6 Å². The highest BCUT2D eigenvalue weighted by atomic mass is 16.5. The average molecular weight is 316 g/mol. The molecule has 0 unspecified atom stereocenters. The van der Waals surface area contributed by atoms with Crippen molar-refractivity contribution in [1.29, 1.82) is 0 Å². The second kappa shape index (κ2) is 6.93. The maximum absolute atomic E-state index is 12.6. The lowest BCUT2D eigenvalue weighted by Crippen LogP contribution is -2.09. The van der Waals surface area contributed by atoms with Gasteiger partial charge in [0.1, 0.15) is 17.2 Å². The molecule has 2 rings (SSSR count). The second-order valence-electron chi connectivity index (χ2n) is 4.79. The summed E-state index contributed by atoms with van der Waals surface area (Å²) in [6.45, 7) is 0.977. The van der Waals surface area contributed by atoms with Gasteiger partial charge in [-0.15, -0.1) is 0 Å². The fourth-order valence-electron chi connectivity index (χ4n) is 2.07. The summed E-state index contributed by atoms with van der Waals surface area (Å²) in [4.78, 5) is 23.8. The molecule has 23 heavy (non-hydrogen) atoms. The molecular weight excluding hydrogens is 300 g/mol. The molecule has 0 aliphatic heterocycles. The summed E-state index contributed by atoms with van der Waals surface area (Å²) in [5.41, 5.74) is 0.641. The van der Waals surface area contributed by atoms with Crippen molar-refractivity contribution < 1.29 is 29.3 Å². The van der Waals surface area contributed by atoms with Gasteiger partial charge in [-0.2, -0.15) is 0 Å². The summed E-state index contributed by atoms with van der Waals surface area (Å²) in [5, 5.41) is 19.0. The van der Waals surface area contributed by atoms with E-state index in [-0.39, 0.29) is 29.2 Å². The Morgan fingerprint density at radius 1 is 1.09 bits per heavy atom. The molecule has 2 aromatic carbocycles. The van der Waals surface area contributed by atoms with Crippen molar-refractivity contribution in [3.05, 3.63) is 53.1 Å². The molecule has 0 aliphatic carbocycles. The average Bonchev–Trinajstić information content (AvgIpc) is 2.53. The lowest BCUT2D eigenvalue weighted by Gasteiger charge is -2.11. The van der Waals surface area contributed by atoms with E-state index in [2.05, 4.69) is 0 Å². The van der Waals surface area contributed by atoms with Crippen LogP contribution in [0.15, 0.2) is 36.4 Å². The first-order chi connectivity index (χ1) is 11.0. The lowest BCUT2D eigenvalue weighted by molar-refractivity contribution is -0.131. The number of phenolic OH excluding ortho intramolecular Hbond substituents is 1. The third-order valence-electron chi connectivity index (χ3n) is 3.18. The molecule has 0 saturated heterocycles. The number of hydrogen-bond donors (Lipinski definition) is 2.